The van der Waals surface area contributed by atoms with E-state index in [1.54, 1.807) is 11.8 Å². The molecule has 8 heteroatoms. The molecule has 0 aliphatic carbocycles. The number of sulfonamides is 1. The summed E-state index contributed by atoms with van der Waals surface area (Å²) < 4.78 is 26.9. The number of nitrogens with one attached hydrogen (secondary N) is 2. The predicted molar refractivity (Wildman–Crippen MR) is 67.1 cm³/mol. The molecule has 1 aliphatic rings. The van der Waals surface area contributed by atoms with Crippen LogP contribution in [0.5, 0.6) is 0 Å². The maximum Gasteiger partial charge on any atom is 0.258 e. The number of aromatic amines is 1. The van der Waals surface area contributed by atoms with E-state index >= 15 is 0 Å². The lowest BCUT2D eigenvalue weighted by atomic mass is 10.2. The fourth-order valence-electron chi connectivity index (χ4n) is 1.79. The van der Waals surface area contributed by atoms with Crippen LogP contribution in [-0.4, -0.2) is 36.2 Å². The van der Waals surface area contributed by atoms with E-state index < -0.39 is 10.0 Å². The molecule has 2 rings (SSSR count). The number of hydrogen-bond donors (Lipinski definition) is 3. The zero-order chi connectivity index (χ0) is 12.3. The molecule has 0 bridgehead atoms. The van der Waals surface area contributed by atoms with Crippen LogP contribution in [0.1, 0.15) is 18.4 Å². The molecule has 2 heterocycles. The molecule has 0 radical (unpaired) electrons. The lowest BCUT2D eigenvalue weighted by Gasteiger charge is -2.22. The fourth-order valence-corrected chi connectivity index (χ4v) is 4.38. The van der Waals surface area contributed by atoms with Gasteiger partial charge in [0.15, 0.2) is 5.03 Å². The molecule has 1 aromatic heterocycles. The van der Waals surface area contributed by atoms with Crippen molar-refractivity contribution >= 4 is 21.8 Å². The van der Waals surface area contributed by atoms with Gasteiger partial charge in [0, 0.05) is 23.9 Å². The lowest BCUT2D eigenvalue weighted by Crippen LogP contribution is -2.38. The second kappa shape index (κ2) is 5.38. The first-order valence-electron chi connectivity index (χ1n) is 5.46. The number of H-pyrrole nitrogens is 1. The van der Waals surface area contributed by atoms with E-state index in [2.05, 4.69) is 14.9 Å². The van der Waals surface area contributed by atoms with E-state index in [4.69, 9.17) is 5.73 Å². The molecule has 0 saturated carbocycles. The number of thioether (sulfide) groups is 1. The van der Waals surface area contributed by atoms with Crippen LogP contribution in [0.3, 0.4) is 0 Å². The molecule has 17 heavy (non-hydrogen) atoms. The summed E-state index contributed by atoms with van der Waals surface area (Å²) in [6.45, 7) is 0.159. The van der Waals surface area contributed by atoms with Gasteiger partial charge in [0.05, 0.1) is 6.20 Å². The van der Waals surface area contributed by atoms with Crippen molar-refractivity contribution in [2.24, 2.45) is 5.73 Å². The van der Waals surface area contributed by atoms with Gasteiger partial charge in [-0.25, -0.2) is 13.1 Å². The van der Waals surface area contributed by atoms with Crippen LogP contribution in [0.25, 0.3) is 0 Å². The summed E-state index contributed by atoms with van der Waals surface area (Å²) in [4.78, 5) is 0. The van der Waals surface area contributed by atoms with Crippen molar-refractivity contribution in [1.82, 2.24) is 14.9 Å². The standard InChI is InChI=1S/C9H16N4O2S2/c10-4-7-5-11-12-9(7)17(14,15)13-8-2-1-3-16-6-8/h5,8,13H,1-4,6,10H2,(H,11,12). The number of hydrogen-bond acceptors (Lipinski definition) is 5. The van der Waals surface area contributed by atoms with Gasteiger partial charge < -0.3 is 5.73 Å². The smallest absolute Gasteiger partial charge is 0.258 e. The quantitative estimate of drug-likeness (QED) is 0.721. The highest BCUT2D eigenvalue weighted by atomic mass is 32.2. The summed E-state index contributed by atoms with van der Waals surface area (Å²) in [5.74, 6) is 1.93. The summed E-state index contributed by atoms with van der Waals surface area (Å²) in [5.41, 5.74) is 5.98. The summed E-state index contributed by atoms with van der Waals surface area (Å²) in [6, 6.07) is 0.00711. The van der Waals surface area contributed by atoms with Crippen LogP contribution in [-0.2, 0) is 16.6 Å². The number of aromatic nitrogens is 2. The number of nitrogens with two attached hydrogens (primary N) is 1. The van der Waals surface area contributed by atoms with Crippen LogP contribution in [0, 0.1) is 0 Å². The molecule has 1 atom stereocenters. The molecule has 0 aromatic carbocycles. The van der Waals surface area contributed by atoms with E-state index in [-0.39, 0.29) is 17.6 Å². The van der Waals surface area contributed by atoms with Crippen molar-refractivity contribution in [1.29, 1.82) is 0 Å². The summed E-state index contributed by atoms with van der Waals surface area (Å²) in [6.07, 6.45) is 3.38. The Labute approximate surface area is 105 Å². The van der Waals surface area contributed by atoms with Crippen molar-refractivity contribution in [2.75, 3.05) is 11.5 Å². The van der Waals surface area contributed by atoms with E-state index in [9.17, 15) is 8.42 Å². The first-order chi connectivity index (χ1) is 8.13. The molecular formula is C9H16N4O2S2. The van der Waals surface area contributed by atoms with Crippen LogP contribution in [0.15, 0.2) is 11.2 Å². The van der Waals surface area contributed by atoms with Crippen LogP contribution < -0.4 is 10.5 Å². The minimum Gasteiger partial charge on any atom is -0.326 e. The molecule has 0 spiro atoms. The van der Waals surface area contributed by atoms with E-state index in [0.29, 0.717) is 5.56 Å². The van der Waals surface area contributed by atoms with Crippen molar-refractivity contribution < 1.29 is 8.42 Å². The van der Waals surface area contributed by atoms with Crippen LogP contribution in [0.4, 0.5) is 0 Å². The SMILES string of the molecule is NCc1cn[nH]c1S(=O)(=O)NC1CCCSC1. The highest BCUT2D eigenvalue weighted by molar-refractivity contribution is 7.99. The third kappa shape index (κ3) is 3.01. The fraction of sp³-hybridized carbons (Fsp3) is 0.667. The summed E-state index contributed by atoms with van der Waals surface area (Å²) >= 11 is 1.77. The first-order valence-corrected chi connectivity index (χ1v) is 8.09. The largest absolute Gasteiger partial charge is 0.326 e. The number of nitrogens with zero attached hydrogens (tertiary/aromatic N) is 1. The Morgan fingerprint density at radius 3 is 3.12 bits per heavy atom. The van der Waals surface area contributed by atoms with Crippen LogP contribution in [0.2, 0.25) is 0 Å². The van der Waals surface area contributed by atoms with Gasteiger partial charge in [-0.05, 0) is 18.6 Å². The lowest BCUT2D eigenvalue weighted by molar-refractivity contribution is 0.539. The molecule has 0 amide bonds. The van der Waals surface area contributed by atoms with Crippen molar-refractivity contribution in [3.8, 4) is 0 Å². The van der Waals surface area contributed by atoms with Gasteiger partial charge in [0.2, 0.25) is 0 Å². The highest BCUT2D eigenvalue weighted by Gasteiger charge is 2.25. The first kappa shape index (κ1) is 12.9. The molecule has 1 aliphatic heterocycles. The Morgan fingerprint density at radius 1 is 1.65 bits per heavy atom. The van der Waals surface area contributed by atoms with E-state index in [0.717, 1.165) is 24.3 Å². The van der Waals surface area contributed by atoms with Gasteiger partial charge in [-0.2, -0.15) is 16.9 Å². The van der Waals surface area contributed by atoms with Gasteiger partial charge in [0.25, 0.3) is 10.0 Å². The van der Waals surface area contributed by atoms with Gasteiger partial charge in [-0.15, -0.1) is 0 Å². The molecular weight excluding hydrogens is 260 g/mol. The summed E-state index contributed by atoms with van der Waals surface area (Å²) in [7, 11) is -3.52. The molecule has 1 aromatic rings. The van der Waals surface area contributed by atoms with Crippen LogP contribution >= 0.6 is 11.8 Å². The Kier molecular flexibility index (Phi) is 4.08. The molecule has 4 N–H and O–H groups in total. The molecule has 1 saturated heterocycles. The van der Waals surface area contributed by atoms with Crippen molar-refractivity contribution in [3.63, 3.8) is 0 Å². The van der Waals surface area contributed by atoms with Crippen molar-refractivity contribution in [3.05, 3.63) is 11.8 Å². The maximum absolute atomic E-state index is 12.1. The van der Waals surface area contributed by atoms with Gasteiger partial charge in [-0.1, -0.05) is 0 Å². The third-order valence-electron chi connectivity index (χ3n) is 2.65. The minimum absolute atomic E-state index is 0.00711. The Balaban J connectivity index is 2.13. The maximum atomic E-state index is 12.1. The molecule has 1 fully saturated rings. The van der Waals surface area contributed by atoms with E-state index in [1.165, 1.54) is 6.20 Å². The second-order valence-corrected chi connectivity index (χ2v) is 6.76. The molecule has 6 nitrogen and oxygen atoms in total. The monoisotopic (exact) mass is 276 g/mol. The third-order valence-corrected chi connectivity index (χ3v) is 5.40. The zero-order valence-electron chi connectivity index (χ0n) is 9.35. The summed E-state index contributed by atoms with van der Waals surface area (Å²) in [5, 5.41) is 6.32. The predicted octanol–water partition coefficient (Wildman–Crippen LogP) is 0.0423. The average Bonchev–Trinajstić information content (AvgIpc) is 2.78. The highest BCUT2D eigenvalue weighted by Crippen LogP contribution is 2.19. The number of rotatable bonds is 4. The minimum atomic E-state index is -3.52. The Hall–Kier alpha value is -0.570. The van der Waals surface area contributed by atoms with E-state index in [1.807, 2.05) is 0 Å². The zero-order valence-corrected chi connectivity index (χ0v) is 11.0. The van der Waals surface area contributed by atoms with Gasteiger partial charge >= 0.3 is 0 Å². The normalized spacial score (nSPS) is 21.6. The van der Waals surface area contributed by atoms with Crippen molar-refractivity contribution in [2.45, 2.75) is 30.5 Å². The average molecular weight is 276 g/mol. The topological polar surface area (TPSA) is 101 Å². The van der Waals surface area contributed by atoms with Gasteiger partial charge in [-0.3, -0.25) is 5.10 Å². The Bertz CT molecular complexity index is 465. The second-order valence-electron chi connectivity index (χ2n) is 3.96. The molecule has 96 valence electrons. The Morgan fingerprint density at radius 2 is 2.47 bits per heavy atom. The van der Waals surface area contributed by atoms with Gasteiger partial charge in [0.1, 0.15) is 0 Å². The molecule has 1 unspecified atom stereocenters.